The predicted octanol–water partition coefficient (Wildman–Crippen LogP) is 6.45. The lowest BCUT2D eigenvalue weighted by Crippen LogP contribution is -2.15. The quantitative estimate of drug-likeness (QED) is 0.229. The molecule has 0 spiro atoms. The Balaban J connectivity index is 1.70. The highest BCUT2D eigenvalue weighted by atomic mass is 16.4. The molecule has 4 heteroatoms. The van der Waals surface area contributed by atoms with E-state index in [9.17, 15) is 19.8 Å². The Kier molecular flexibility index (Phi) is 12.0. The molecule has 0 saturated carbocycles. The van der Waals surface area contributed by atoms with E-state index in [0.717, 1.165) is 44.1 Å². The van der Waals surface area contributed by atoms with Crippen LogP contribution >= 0.6 is 0 Å². The smallest absolute Gasteiger partial charge is 0.310 e. The Morgan fingerprint density at radius 3 is 2.47 bits per heavy atom. The number of carbonyl (C=O) groups is 2. The maximum absolute atomic E-state index is 12.3. The Bertz CT molecular complexity index is 737. The van der Waals surface area contributed by atoms with Crippen LogP contribution in [0.5, 0.6) is 0 Å². The van der Waals surface area contributed by atoms with E-state index in [1.165, 1.54) is 19.3 Å². The minimum absolute atomic E-state index is 0.0164. The lowest BCUT2D eigenvalue weighted by atomic mass is 9.88. The maximum Gasteiger partial charge on any atom is 0.310 e. The zero-order chi connectivity index (χ0) is 23.2. The summed E-state index contributed by atoms with van der Waals surface area (Å²) in [5.41, 5.74) is 0.855. The van der Waals surface area contributed by atoms with E-state index >= 15 is 0 Å². The predicted molar refractivity (Wildman–Crippen MR) is 130 cm³/mol. The molecule has 0 bridgehead atoms. The van der Waals surface area contributed by atoms with Crippen LogP contribution in [0.4, 0.5) is 0 Å². The van der Waals surface area contributed by atoms with Crippen LogP contribution in [-0.2, 0) is 9.59 Å². The number of aliphatic hydroxyl groups is 1. The van der Waals surface area contributed by atoms with Crippen molar-refractivity contribution in [2.45, 2.75) is 89.6 Å². The van der Waals surface area contributed by atoms with Crippen LogP contribution in [0.1, 0.15) is 89.0 Å². The van der Waals surface area contributed by atoms with E-state index in [4.69, 9.17) is 0 Å². The number of aliphatic carboxylic acids is 1. The summed E-state index contributed by atoms with van der Waals surface area (Å²) in [4.78, 5) is 23.9. The Morgan fingerprint density at radius 2 is 1.75 bits per heavy atom. The number of aliphatic hydroxyl groups excluding tert-OH is 1. The van der Waals surface area contributed by atoms with Crippen molar-refractivity contribution in [3.05, 3.63) is 60.2 Å². The molecule has 0 saturated heterocycles. The van der Waals surface area contributed by atoms with Crippen LogP contribution in [0.2, 0.25) is 0 Å². The van der Waals surface area contributed by atoms with Crippen molar-refractivity contribution in [1.29, 1.82) is 0 Å². The lowest BCUT2D eigenvalue weighted by molar-refractivity contribution is -0.139. The largest absolute Gasteiger partial charge is 0.481 e. The summed E-state index contributed by atoms with van der Waals surface area (Å²) in [7, 11) is 0. The van der Waals surface area contributed by atoms with E-state index < -0.39 is 11.9 Å². The molecule has 0 heterocycles. The molecule has 1 aromatic rings. The van der Waals surface area contributed by atoms with Crippen LogP contribution in [0.25, 0.3) is 0 Å². The number of carboxylic acid groups (broad SMARTS) is 1. The summed E-state index contributed by atoms with van der Waals surface area (Å²) < 4.78 is 0. The third kappa shape index (κ3) is 9.12. The molecule has 4 atom stereocenters. The molecule has 2 rings (SSSR count). The van der Waals surface area contributed by atoms with Crippen LogP contribution in [-0.4, -0.2) is 28.1 Å². The van der Waals surface area contributed by atoms with Gasteiger partial charge in [0.25, 0.3) is 0 Å². The van der Waals surface area contributed by atoms with Crippen molar-refractivity contribution in [3.8, 4) is 0 Å². The van der Waals surface area contributed by atoms with Gasteiger partial charge in [0.1, 0.15) is 0 Å². The Hall–Kier alpha value is -2.20. The third-order valence-corrected chi connectivity index (χ3v) is 6.48. The number of unbranched alkanes of at least 4 members (excludes halogenated alkanes) is 5. The van der Waals surface area contributed by atoms with Crippen LogP contribution < -0.4 is 0 Å². The summed E-state index contributed by atoms with van der Waals surface area (Å²) >= 11 is 0. The topological polar surface area (TPSA) is 74.6 Å². The summed E-state index contributed by atoms with van der Waals surface area (Å²) in [5.74, 6) is -0.949. The van der Waals surface area contributed by atoms with Gasteiger partial charge in [-0.3, -0.25) is 9.59 Å². The second-order valence-corrected chi connectivity index (χ2v) is 9.05. The number of carbonyl (C=O) groups excluding carboxylic acids is 1. The van der Waals surface area contributed by atoms with Gasteiger partial charge in [-0.25, -0.2) is 0 Å². The van der Waals surface area contributed by atoms with Gasteiger partial charge >= 0.3 is 5.97 Å². The SMILES string of the molecule is CCCCCCC(O)C/C=C/[C@H]1C=CC(=O)[C@@H]1CCCCCC(C(=O)O)c1ccccc1. The molecule has 0 fully saturated rings. The first-order valence-electron chi connectivity index (χ1n) is 12.4. The first-order chi connectivity index (χ1) is 15.5. The van der Waals surface area contributed by atoms with Crippen LogP contribution in [0.3, 0.4) is 0 Å². The highest BCUT2D eigenvalue weighted by Gasteiger charge is 2.27. The lowest BCUT2D eigenvalue weighted by Gasteiger charge is -2.16. The first-order valence-corrected chi connectivity index (χ1v) is 12.4. The molecule has 2 unspecified atom stereocenters. The van der Waals surface area contributed by atoms with Crippen molar-refractivity contribution >= 4 is 11.8 Å². The van der Waals surface area contributed by atoms with Crippen LogP contribution in [0, 0.1) is 11.8 Å². The molecule has 2 N–H and O–H groups in total. The zero-order valence-corrected chi connectivity index (χ0v) is 19.5. The van der Waals surface area contributed by atoms with Gasteiger partial charge in [-0.2, -0.15) is 0 Å². The average Bonchev–Trinajstić information content (AvgIpc) is 3.13. The Labute approximate surface area is 193 Å². The van der Waals surface area contributed by atoms with E-state index in [1.807, 2.05) is 42.5 Å². The number of rotatable bonds is 16. The molecule has 0 radical (unpaired) electrons. The molecule has 0 amide bonds. The van der Waals surface area contributed by atoms with Crippen molar-refractivity contribution < 1.29 is 19.8 Å². The Morgan fingerprint density at radius 1 is 1.03 bits per heavy atom. The number of hydrogen-bond acceptors (Lipinski definition) is 3. The van der Waals surface area contributed by atoms with Crippen LogP contribution in [0.15, 0.2) is 54.6 Å². The fourth-order valence-corrected chi connectivity index (χ4v) is 4.51. The molecule has 4 nitrogen and oxygen atoms in total. The van der Waals surface area contributed by atoms with Crippen molar-refractivity contribution in [2.24, 2.45) is 11.8 Å². The molecule has 0 aliphatic heterocycles. The van der Waals surface area contributed by atoms with Gasteiger partial charge in [-0.15, -0.1) is 0 Å². The highest BCUT2D eigenvalue weighted by molar-refractivity contribution is 5.94. The summed E-state index contributed by atoms with van der Waals surface area (Å²) in [6, 6.07) is 9.40. The van der Waals surface area contributed by atoms with Gasteiger partial charge in [-0.05, 0) is 37.3 Å². The van der Waals surface area contributed by atoms with Gasteiger partial charge in [0, 0.05) is 11.8 Å². The third-order valence-electron chi connectivity index (χ3n) is 6.48. The molecular formula is C28H40O4. The average molecular weight is 441 g/mol. The number of hydrogen-bond donors (Lipinski definition) is 2. The van der Waals surface area contributed by atoms with Gasteiger partial charge < -0.3 is 10.2 Å². The van der Waals surface area contributed by atoms with Crippen molar-refractivity contribution in [2.75, 3.05) is 0 Å². The number of allylic oxidation sites excluding steroid dienone is 3. The number of ketones is 1. The molecule has 0 aromatic heterocycles. The van der Waals surface area contributed by atoms with E-state index in [1.54, 1.807) is 6.08 Å². The van der Waals surface area contributed by atoms with E-state index in [2.05, 4.69) is 13.0 Å². The molecule has 1 aliphatic carbocycles. The van der Waals surface area contributed by atoms with Gasteiger partial charge in [0.15, 0.2) is 5.78 Å². The summed E-state index contributed by atoms with van der Waals surface area (Å²) in [5, 5.41) is 19.7. The highest BCUT2D eigenvalue weighted by Crippen LogP contribution is 2.30. The summed E-state index contributed by atoms with van der Waals surface area (Å²) in [6.07, 6.45) is 17.8. The second kappa shape index (κ2) is 14.8. The normalized spacial score (nSPS) is 20.1. The second-order valence-electron chi connectivity index (χ2n) is 9.05. The molecule has 1 aromatic carbocycles. The van der Waals surface area contributed by atoms with E-state index in [-0.39, 0.29) is 23.7 Å². The molecular weight excluding hydrogens is 400 g/mol. The fourth-order valence-electron chi connectivity index (χ4n) is 4.51. The monoisotopic (exact) mass is 440 g/mol. The van der Waals surface area contributed by atoms with Gasteiger partial charge in [0.2, 0.25) is 0 Å². The first kappa shape index (κ1) is 26.1. The maximum atomic E-state index is 12.3. The van der Waals surface area contributed by atoms with E-state index in [0.29, 0.717) is 12.8 Å². The van der Waals surface area contributed by atoms with Gasteiger partial charge in [0.05, 0.1) is 12.0 Å². The molecule has 176 valence electrons. The number of benzene rings is 1. The van der Waals surface area contributed by atoms with Crippen molar-refractivity contribution in [3.63, 3.8) is 0 Å². The molecule has 32 heavy (non-hydrogen) atoms. The summed E-state index contributed by atoms with van der Waals surface area (Å²) in [6.45, 7) is 2.18. The molecule has 1 aliphatic rings. The minimum atomic E-state index is -0.774. The zero-order valence-electron chi connectivity index (χ0n) is 19.5. The standard InChI is InChI=1S/C28H40O4/c1-2-3-4-9-16-24(29)17-12-15-23-20-21-27(30)25(23)18-10-6-11-19-26(28(31)32)22-13-7-5-8-14-22/h5,7-8,12-15,20-21,23-26,29H,2-4,6,9-11,16-19H2,1H3,(H,31,32)/b15-12+/t23-,24?,25+,26?/m0/s1. The van der Waals surface area contributed by atoms with Gasteiger partial charge in [-0.1, -0.05) is 100 Å². The van der Waals surface area contributed by atoms with Crippen molar-refractivity contribution in [1.82, 2.24) is 0 Å². The fraction of sp³-hybridized carbons (Fsp3) is 0.571. The number of carboxylic acids is 1. The minimum Gasteiger partial charge on any atom is -0.481 e.